The molecule has 0 atom stereocenters. The van der Waals surface area contributed by atoms with Crippen LogP contribution < -0.4 is 5.32 Å². The summed E-state index contributed by atoms with van der Waals surface area (Å²) in [5, 5.41) is 3.31. The minimum atomic E-state index is 0.452. The van der Waals surface area contributed by atoms with Crippen molar-refractivity contribution in [2.24, 2.45) is 0 Å². The molecule has 1 N–H and O–H groups in total. The standard InChI is InChI=1S/C15H24N2O/c1-2-11-16-15-10-6-7-13(17-15)12-18-14-8-4-3-5-9-14/h6-7,10,14H,2-5,8-9,11-12H2,1H3,(H,16,17). The molecule has 18 heavy (non-hydrogen) atoms. The van der Waals surface area contributed by atoms with Gasteiger partial charge in [-0.15, -0.1) is 0 Å². The van der Waals surface area contributed by atoms with Crippen molar-refractivity contribution in [3.63, 3.8) is 0 Å². The van der Waals surface area contributed by atoms with Crippen molar-refractivity contribution in [3.8, 4) is 0 Å². The summed E-state index contributed by atoms with van der Waals surface area (Å²) in [5.41, 5.74) is 1.03. The van der Waals surface area contributed by atoms with Crippen molar-refractivity contribution in [3.05, 3.63) is 23.9 Å². The van der Waals surface area contributed by atoms with Crippen LogP contribution in [0.1, 0.15) is 51.1 Å². The number of nitrogens with zero attached hydrogens (tertiary/aromatic N) is 1. The molecule has 2 rings (SSSR count). The van der Waals surface area contributed by atoms with Crippen LogP contribution >= 0.6 is 0 Å². The van der Waals surface area contributed by atoms with Crippen LogP contribution in [0.3, 0.4) is 0 Å². The van der Waals surface area contributed by atoms with Gasteiger partial charge in [0.25, 0.3) is 0 Å². The molecule has 1 heterocycles. The highest BCUT2D eigenvalue weighted by atomic mass is 16.5. The molecule has 100 valence electrons. The molecule has 0 aliphatic heterocycles. The van der Waals surface area contributed by atoms with Crippen LogP contribution in [0.5, 0.6) is 0 Å². The molecule has 0 unspecified atom stereocenters. The maximum atomic E-state index is 5.94. The Morgan fingerprint density at radius 2 is 2.11 bits per heavy atom. The second-order valence-electron chi connectivity index (χ2n) is 5.01. The predicted octanol–water partition coefficient (Wildman–Crippen LogP) is 3.75. The van der Waals surface area contributed by atoms with Gasteiger partial charge in [-0.1, -0.05) is 32.3 Å². The lowest BCUT2D eigenvalue weighted by Crippen LogP contribution is -2.16. The van der Waals surface area contributed by atoms with Gasteiger partial charge in [0.1, 0.15) is 5.82 Å². The van der Waals surface area contributed by atoms with Gasteiger partial charge in [-0.25, -0.2) is 4.98 Å². The van der Waals surface area contributed by atoms with Gasteiger partial charge < -0.3 is 10.1 Å². The van der Waals surface area contributed by atoms with Crippen molar-refractivity contribution >= 4 is 5.82 Å². The maximum Gasteiger partial charge on any atom is 0.126 e. The van der Waals surface area contributed by atoms with Crippen molar-refractivity contribution in [1.29, 1.82) is 0 Å². The minimum Gasteiger partial charge on any atom is -0.372 e. The highest BCUT2D eigenvalue weighted by Crippen LogP contribution is 2.21. The van der Waals surface area contributed by atoms with Crippen molar-refractivity contribution in [1.82, 2.24) is 4.98 Å². The zero-order valence-electron chi connectivity index (χ0n) is 11.3. The number of anilines is 1. The number of ether oxygens (including phenoxy) is 1. The molecular weight excluding hydrogens is 224 g/mol. The van der Waals surface area contributed by atoms with E-state index in [-0.39, 0.29) is 0 Å². The monoisotopic (exact) mass is 248 g/mol. The molecule has 1 fully saturated rings. The Bertz CT molecular complexity index is 348. The van der Waals surface area contributed by atoms with Crippen LogP contribution in [-0.2, 0) is 11.3 Å². The Labute approximate surface area is 110 Å². The normalized spacial score (nSPS) is 16.7. The fourth-order valence-corrected chi connectivity index (χ4v) is 2.35. The number of aromatic nitrogens is 1. The van der Waals surface area contributed by atoms with E-state index in [1.54, 1.807) is 0 Å². The third kappa shape index (κ3) is 4.30. The molecule has 0 saturated heterocycles. The van der Waals surface area contributed by atoms with Crippen LogP contribution in [0.25, 0.3) is 0 Å². The molecule has 0 spiro atoms. The Morgan fingerprint density at radius 1 is 1.28 bits per heavy atom. The SMILES string of the molecule is CCCNc1cccc(COC2CCCCC2)n1. The highest BCUT2D eigenvalue weighted by Gasteiger charge is 2.13. The lowest BCUT2D eigenvalue weighted by molar-refractivity contribution is 0.0153. The Kier molecular flexibility index (Phi) is 5.46. The van der Waals surface area contributed by atoms with E-state index in [0.717, 1.165) is 24.5 Å². The minimum absolute atomic E-state index is 0.452. The third-order valence-electron chi connectivity index (χ3n) is 3.38. The van der Waals surface area contributed by atoms with Gasteiger partial charge in [-0.3, -0.25) is 0 Å². The van der Waals surface area contributed by atoms with Crippen molar-refractivity contribution in [2.45, 2.75) is 58.2 Å². The number of rotatable bonds is 6. The molecule has 0 bridgehead atoms. The van der Waals surface area contributed by atoms with Crippen LogP contribution in [0.15, 0.2) is 18.2 Å². The van der Waals surface area contributed by atoms with E-state index in [0.29, 0.717) is 12.7 Å². The van der Waals surface area contributed by atoms with E-state index in [9.17, 15) is 0 Å². The first-order valence-corrected chi connectivity index (χ1v) is 7.20. The lowest BCUT2D eigenvalue weighted by Gasteiger charge is -2.21. The number of pyridine rings is 1. The van der Waals surface area contributed by atoms with E-state index < -0.39 is 0 Å². The lowest BCUT2D eigenvalue weighted by atomic mass is 9.98. The average Bonchev–Trinajstić information content (AvgIpc) is 2.44. The maximum absolute atomic E-state index is 5.94. The first-order valence-electron chi connectivity index (χ1n) is 7.20. The van der Waals surface area contributed by atoms with Gasteiger partial charge in [0.15, 0.2) is 0 Å². The molecule has 1 saturated carbocycles. The molecule has 1 aromatic heterocycles. The van der Waals surface area contributed by atoms with E-state index >= 15 is 0 Å². The zero-order chi connectivity index (χ0) is 12.6. The van der Waals surface area contributed by atoms with Crippen molar-refractivity contribution in [2.75, 3.05) is 11.9 Å². The van der Waals surface area contributed by atoms with E-state index in [1.165, 1.54) is 32.1 Å². The summed E-state index contributed by atoms with van der Waals surface area (Å²) in [6, 6.07) is 6.10. The molecule has 3 nitrogen and oxygen atoms in total. The number of nitrogens with one attached hydrogen (secondary N) is 1. The average molecular weight is 248 g/mol. The van der Waals surface area contributed by atoms with E-state index in [1.807, 2.05) is 18.2 Å². The summed E-state index contributed by atoms with van der Waals surface area (Å²) in [7, 11) is 0. The molecule has 1 aliphatic carbocycles. The van der Waals surface area contributed by atoms with Gasteiger partial charge in [0.05, 0.1) is 18.4 Å². The largest absolute Gasteiger partial charge is 0.372 e. The fraction of sp³-hybridized carbons (Fsp3) is 0.667. The summed E-state index contributed by atoms with van der Waals surface area (Å²) < 4.78 is 5.94. The second kappa shape index (κ2) is 7.37. The molecule has 0 amide bonds. The number of hydrogen-bond acceptors (Lipinski definition) is 3. The van der Waals surface area contributed by atoms with Crippen molar-refractivity contribution < 1.29 is 4.74 Å². The van der Waals surface area contributed by atoms with Gasteiger partial charge >= 0.3 is 0 Å². The van der Waals surface area contributed by atoms with Crippen LogP contribution in [0, 0.1) is 0 Å². The van der Waals surface area contributed by atoms with Crippen LogP contribution in [-0.4, -0.2) is 17.6 Å². The third-order valence-corrected chi connectivity index (χ3v) is 3.38. The van der Waals surface area contributed by atoms with Gasteiger partial charge in [-0.2, -0.15) is 0 Å². The second-order valence-corrected chi connectivity index (χ2v) is 5.01. The summed E-state index contributed by atoms with van der Waals surface area (Å²) in [6.45, 7) is 3.77. The first kappa shape index (κ1) is 13.3. The molecule has 0 aromatic carbocycles. The highest BCUT2D eigenvalue weighted by molar-refractivity contribution is 5.34. The molecule has 1 aliphatic rings. The first-order chi connectivity index (χ1) is 8.88. The van der Waals surface area contributed by atoms with E-state index in [2.05, 4.69) is 17.2 Å². The topological polar surface area (TPSA) is 34.1 Å². The Balaban J connectivity index is 1.80. The predicted molar refractivity (Wildman–Crippen MR) is 74.7 cm³/mol. The van der Waals surface area contributed by atoms with E-state index in [4.69, 9.17) is 4.74 Å². The summed E-state index contributed by atoms with van der Waals surface area (Å²) in [4.78, 5) is 4.56. The molecule has 1 aromatic rings. The quantitative estimate of drug-likeness (QED) is 0.832. The molecule has 3 heteroatoms. The Hall–Kier alpha value is -1.09. The smallest absolute Gasteiger partial charge is 0.126 e. The fourth-order valence-electron chi connectivity index (χ4n) is 2.35. The summed E-state index contributed by atoms with van der Waals surface area (Å²) in [6.07, 6.45) is 8.00. The van der Waals surface area contributed by atoms with Gasteiger partial charge in [-0.05, 0) is 31.4 Å². The Morgan fingerprint density at radius 3 is 2.89 bits per heavy atom. The summed E-state index contributed by atoms with van der Waals surface area (Å²) >= 11 is 0. The van der Waals surface area contributed by atoms with Gasteiger partial charge in [0, 0.05) is 6.54 Å². The zero-order valence-corrected chi connectivity index (χ0v) is 11.3. The van der Waals surface area contributed by atoms with Crippen LogP contribution in [0.2, 0.25) is 0 Å². The summed E-state index contributed by atoms with van der Waals surface area (Å²) in [5.74, 6) is 0.960. The molecule has 0 radical (unpaired) electrons. The van der Waals surface area contributed by atoms with Gasteiger partial charge in [0.2, 0.25) is 0 Å². The molecular formula is C15H24N2O. The number of hydrogen-bond donors (Lipinski definition) is 1. The van der Waals surface area contributed by atoms with Crippen LogP contribution in [0.4, 0.5) is 5.82 Å².